The van der Waals surface area contributed by atoms with Crippen LogP contribution in [0, 0.1) is 5.82 Å². The number of thioether (sulfide) groups is 1. The zero-order valence-electron chi connectivity index (χ0n) is 13.6. The molecule has 3 rings (SSSR count). The fourth-order valence-electron chi connectivity index (χ4n) is 2.83. The van der Waals surface area contributed by atoms with Crippen molar-refractivity contribution in [2.45, 2.75) is 32.1 Å². The number of aliphatic imine (C=N–C) groups is 1. The minimum Gasteiger partial charge on any atom is -0.463 e. The first-order valence-electron chi connectivity index (χ1n) is 7.65. The second kappa shape index (κ2) is 6.39. The summed E-state index contributed by atoms with van der Waals surface area (Å²) in [6, 6.07) is 5.14. The van der Waals surface area contributed by atoms with E-state index >= 15 is 0 Å². The van der Waals surface area contributed by atoms with Crippen molar-refractivity contribution in [1.29, 1.82) is 0 Å². The van der Waals surface area contributed by atoms with Crippen LogP contribution in [-0.4, -0.2) is 33.8 Å². The highest BCUT2D eigenvalue weighted by molar-refractivity contribution is 8.15. The van der Waals surface area contributed by atoms with E-state index in [0.717, 1.165) is 0 Å². The molecule has 24 heavy (non-hydrogen) atoms. The van der Waals surface area contributed by atoms with E-state index in [1.54, 1.807) is 32.9 Å². The molecular weight excluding hydrogens is 331 g/mol. The number of hydrogen-bond acceptors (Lipinski definition) is 5. The number of benzene rings is 1. The summed E-state index contributed by atoms with van der Waals surface area (Å²) in [6.07, 6.45) is 0. The zero-order chi connectivity index (χ0) is 17.4. The van der Waals surface area contributed by atoms with E-state index in [1.165, 1.54) is 28.8 Å². The summed E-state index contributed by atoms with van der Waals surface area (Å²) in [5.74, 6) is -1.01. The molecule has 0 aliphatic carbocycles. The standard InChI is InChI=1S/C17H17FN2O3S/c1-4-23-16(22)13-9(2)19-17-20(15(21)10(3)24-17)14(13)11-5-7-12(18)8-6-11/h5-8,10,14H,4H2,1-3H3/t10-,14-/m0/s1. The van der Waals surface area contributed by atoms with Gasteiger partial charge in [0.15, 0.2) is 5.17 Å². The van der Waals surface area contributed by atoms with Gasteiger partial charge in [-0.1, -0.05) is 23.9 Å². The highest BCUT2D eigenvalue weighted by Crippen LogP contribution is 2.43. The molecule has 0 N–H and O–H groups in total. The summed E-state index contributed by atoms with van der Waals surface area (Å²) in [6.45, 7) is 5.47. The largest absolute Gasteiger partial charge is 0.463 e. The van der Waals surface area contributed by atoms with Crippen LogP contribution in [-0.2, 0) is 14.3 Å². The van der Waals surface area contributed by atoms with Crippen LogP contribution in [0.2, 0.25) is 0 Å². The number of halogens is 1. The number of fused-ring (bicyclic) bond motifs is 1. The van der Waals surface area contributed by atoms with Gasteiger partial charge in [-0.05, 0) is 38.5 Å². The molecule has 2 heterocycles. The third-order valence-corrected chi connectivity index (χ3v) is 4.99. The lowest BCUT2D eigenvalue weighted by Crippen LogP contribution is -2.40. The first-order chi connectivity index (χ1) is 11.4. The first-order valence-corrected chi connectivity index (χ1v) is 8.53. The molecule has 0 saturated carbocycles. The smallest absolute Gasteiger partial charge is 0.338 e. The van der Waals surface area contributed by atoms with Crippen LogP contribution in [0.4, 0.5) is 4.39 Å². The van der Waals surface area contributed by atoms with Crippen molar-refractivity contribution in [3.8, 4) is 0 Å². The summed E-state index contributed by atoms with van der Waals surface area (Å²) in [5, 5.41) is 0.286. The molecule has 5 nitrogen and oxygen atoms in total. The van der Waals surface area contributed by atoms with Crippen molar-refractivity contribution >= 4 is 28.8 Å². The monoisotopic (exact) mass is 348 g/mol. The number of amides is 1. The van der Waals surface area contributed by atoms with Crippen LogP contribution in [0.1, 0.15) is 32.4 Å². The number of nitrogens with zero attached hydrogens (tertiary/aromatic N) is 2. The molecule has 2 aliphatic rings. The van der Waals surface area contributed by atoms with Gasteiger partial charge in [0.25, 0.3) is 0 Å². The summed E-state index contributed by atoms with van der Waals surface area (Å²) in [7, 11) is 0. The molecule has 7 heteroatoms. The maximum atomic E-state index is 13.3. The van der Waals surface area contributed by atoms with Gasteiger partial charge in [-0.15, -0.1) is 0 Å². The molecule has 0 unspecified atom stereocenters. The summed E-state index contributed by atoms with van der Waals surface area (Å²) in [4.78, 5) is 31.0. The molecule has 1 amide bonds. The topological polar surface area (TPSA) is 59.0 Å². The number of hydrogen-bond donors (Lipinski definition) is 0. The van der Waals surface area contributed by atoms with Gasteiger partial charge in [-0.3, -0.25) is 9.69 Å². The fourth-order valence-corrected chi connectivity index (χ4v) is 3.86. The molecule has 2 atom stereocenters. The van der Waals surface area contributed by atoms with Gasteiger partial charge >= 0.3 is 5.97 Å². The Hall–Kier alpha value is -2.15. The molecule has 0 radical (unpaired) electrons. The lowest BCUT2D eigenvalue weighted by Gasteiger charge is -2.33. The average molecular weight is 348 g/mol. The number of rotatable bonds is 3. The predicted octanol–water partition coefficient (Wildman–Crippen LogP) is 3.04. The molecule has 1 fully saturated rings. The molecule has 0 spiro atoms. The molecule has 1 saturated heterocycles. The van der Waals surface area contributed by atoms with Gasteiger partial charge in [0.2, 0.25) is 5.91 Å². The molecule has 126 valence electrons. The number of allylic oxidation sites excluding steroid dienone is 1. The van der Waals surface area contributed by atoms with Gasteiger partial charge in [0.1, 0.15) is 5.82 Å². The van der Waals surface area contributed by atoms with Crippen LogP contribution in [0.25, 0.3) is 0 Å². The zero-order valence-corrected chi connectivity index (χ0v) is 14.4. The highest BCUT2D eigenvalue weighted by Gasteiger charge is 2.46. The first kappa shape index (κ1) is 16.7. The molecule has 2 aliphatic heterocycles. The van der Waals surface area contributed by atoms with Crippen LogP contribution >= 0.6 is 11.8 Å². The normalized spacial score (nSPS) is 23.2. The van der Waals surface area contributed by atoms with Crippen LogP contribution in [0.5, 0.6) is 0 Å². The number of amidine groups is 1. The molecule has 1 aromatic rings. The maximum Gasteiger partial charge on any atom is 0.338 e. The Balaban J connectivity index is 2.14. The van der Waals surface area contributed by atoms with Crippen LogP contribution < -0.4 is 0 Å². The van der Waals surface area contributed by atoms with Gasteiger partial charge in [0, 0.05) is 0 Å². The third kappa shape index (κ3) is 2.73. The summed E-state index contributed by atoms with van der Waals surface area (Å²) in [5.41, 5.74) is 1.48. The maximum absolute atomic E-state index is 13.3. The van der Waals surface area contributed by atoms with Gasteiger partial charge in [-0.2, -0.15) is 0 Å². The van der Waals surface area contributed by atoms with Crippen molar-refractivity contribution in [3.63, 3.8) is 0 Å². The second-order valence-electron chi connectivity index (χ2n) is 5.54. The quantitative estimate of drug-likeness (QED) is 0.788. The Kier molecular flexibility index (Phi) is 4.45. The van der Waals surface area contributed by atoms with Gasteiger partial charge < -0.3 is 4.74 Å². The summed E-state index contributed by atoms with van der Waals surface area (Å²) < 4.78 is 18.5. The van der Waals surface area contributed by atoms with E-state index in [9.17, 15) is 14.0 Å². The van der Waals surface area contributed by atoms with Crippen LogP contribution in [0.15, 0.2) is 40.5 Å². The Labute approximate surface area is 143 Å². The van der Waals surface area contributed by atoms with E-state index in [1.807, 2.05) is 0 Å². The van der Waals surface area contributed by atoms with Crippen molar-refractivity contribution in [1.82, 2.24) is 4.90 Å². The van der Waals surface area contributed by atoms with Crippen LogP contribution in [0.3, 0.4) is 0 Å². The van der Waals surface area contributed by atoms with Crippen molar-refractivity contribution in [2.24, 2.45) is 4.99 Å². The Morgan fingerprint density at radius 3 is 2.67 bits per heavy atom. The number of carbonyl (C=O) groups is 2. The van der Waals surface area contributed by atoms with E-state index in [4.69, 9.17) is 4.74 Å². The lowest BCUT2D eigenvalue weighted by molar-refractivity contribution is -0.139. The van der Waals surface area contributed by atoms with Gasteiger partial charge in [0.05, 0.1) is 29.2 Å². The van der Waals surface area contributed by atoms with E-state index < -0.39 is 12.0 Å². The Morgan fingerprint density at radius 2 is 2.04 bits per heavy atom. The average Bonchev–Trinajstić information content (AvgIpc) is 2.81. The second-order valence-corrected chi connectivity index (χ2v) is 6.84. The number of esters is 1. The van der Waals surface area contributed by atoms with Crippen molar-refractivity contribution in [3.05, 3.63) is 46.9 Å². The third-order valence-electron chi connectivity index (χ3n) is 3.94. The number of ether oxygens (including phenoxy) is 1. The molecule has 0 bridgehead atoms. The minimum absolute atomic E-state index is 0.123. The SMILES string of the molecule is CCOC(=O)C1=C(C)N=C2S[C@@H](C)C(=O)N2[C@H]1c1ccc(F)cc1. The molecule has 1 aromatic carbocycles. The van der Waals surface area contributed by atoms with Crippen molar-refractivity contribution < 1.29 is 18.7 Å². The Bertz CT molecular complexity index is 758. The molecule has 0 aromatic heterocycles. The van der Waals surface area contributed by atoms with E-state index in [0.29, 0.717) is 22.0 Å². The van der Waals surface area contributed by atoms with E-state index in [2.05, 4.69) is 4.99 Å². The predicted molar refractivity (Wildman–Crippen MR) is 89.8 cm³/mol. The van der Waals surface area contributed by atoms with E-state index in [-0.39, 0.29) is 23.6 Å². The minimum atomic E-state index is -0.651. The summed E-state index contributed by atoms with van der Waals surface area (Å²) >= 11 is 1.36. The highest BCUT2D eigenvalue weighted by atomic mass is 32.2. The van der Waals surface area contributed by atoms with Crippen molar-refractivity contribution in [2.75, 3.05) is 6.61 Å². The van der Waals surface area contributed by atoms with Gasteiger partial charge in [-0.25, -0.2) is 14.2 Å². The number of carbonyl (C=O) groups excluding carboxylic acids is 2. The Morgan fingerprint density at radius 1 is 1.38 bits per heavy atom. The fraction of sp³-hybridized carbons (Fsp3) is 0.353. The molecular formula is C17H17FN2O3S. The lowest BCUT2D eigenvalue weighted by atomic mass is 9.94.